The molecule has 4 rings (SSSR count). The van der Waals surface area contributed by atoms with Crippen LogP contribution in [0.25, 0.3) is 11.1 Å². The summed E-state index contributed by atoms with van der Waals surface area (Å²) >= 11 is 0. The van der Waals surface area contributed by atoms with Gasteiger partial charge in [-0.05, 0) is 37.8 Å². The lowest BCUT2D eigenvalue weighted by Crippen LogP contribution is -2.36. The number of rotatable bonds is 2. The van der Waals surface area contributed by atoms with Gasteiger partial charge < -0.3 is 9.88 Å². The highest BCUT2D eigenvalue weighted by molar-refractivity contribution is 6.02. The summed E-state index contributed by atoms with van der Waals surface area (Å²) in [6.45, 7) is 2.37. The highest BCUT2D eigenvalue weighted by Crippen LogP contribution is 2.49. The number of anilines is 1. The Bertz CT molecular complexity index is 961. The Hall–Kier alpha value is -2.57. The van der Waals surface area contributed by atoms with E-state index in [0.717, 1.165) is 12.1 Å². The number of ketones is 1. The lowest BCUT2D eigenvalue weighted by atomic mass is 9.70. The Morgan fingerprint density at radius 2 is 1.96 bits per heavy atom. The van der Waals surface area contributed by atoms with Crippen LogP contribution in [-0.4, -0.2) is 22.4 Å². The molecular formula is C21H21F3N2O2. The monoisotopic (exact) mass is 390 g/mol. The lowest BCUT2D eigenvalue weighted by Gasteiger charge is -2.39. The van der Waals surface area contributed by atoms with Gasteiger partial charge in [-0.25, -0.2) is 0 Å². The van der Waals surface area contributed by atoms with E-state index in [-0.39, 0.29) is 18.0 Å². The molecule has 2 aromatic rings. The number of amides is 1. The maximum atomic E-state index is 13.3. The number of nitrogens with one attached hydrogen (secondary N) is 1. The van der Waals surface area contributed by atoms with Crippen molar-refractivity contribution < 1.29 is 22.8 Å². The van der Waals surface area contributed by atoms with Crippen LogP contribution >= 0.6 is 0 Å². The smallest absolute Gasteiger partial charge is 0.341 e. The Balaban J connectivity index is 2.05. The van der Waals surface area contributed by atoms with Crippen LogP contribution in [0.5, 0.6) is 0 Å². The zero-order chi connectivity index (χ0) is 20.1. The number of fused-ring (bicyclic) bond motifs is 2. The average Bonchev–Trinajstić information content (AvgIpc) is 3.07. The number of hydrogen-bond donors (Lipinski definition) is 1. The minimum absolute atomic E-state index is 0.103. The second-order valence-electron chi connectivity index (χ2n) is 7.60. The second-order valence-corrected chi connectivity index (χ2v) is 7.60. The standard InChI is InChI=1S/C21H21F3N2O2/c1-2-20-9-5-11-26-16(19(28)21(22,23)24)12-14(18(20)26)13-6-3-4-7-15(13)25-17(27)8-10-20/h3-4,6-7,12H,2,5,8-11H2,1H3,(H,25,27)/t20-/m1/s1. The fraction of sp³-hybridized carbons (Fsp3) is 0.429. The number of alkyl halides is 3. The van der Waals surface area contributed by atoms with Gasteiger partial charge in [0.05, 0.1) is 5.69 Å². The van der Waals surface area contributed by atoms with Gasteiger partial charge in [0.15, 0.2) is 0 Å². The summed E-state index contributed by atoms with van der Waals surface area (Å²) in [7, 11) is 0. The van der Waals surface area contributed by atoms with Crippen LogP contribution in [-0.2, 0) is 16.8 Å². The van der Waals surface area contributed by atoms with Crippen molar-refractivity contribution in [3.63, 3.8) is 0 Å². The van der Waals surface area contributed by atoms with Gasteiger partial charge in [0.25, 0.3) is 5.78 Å². The fourth-order valence-corrected chi connectivity index (χ4v) is 4.74. The zero-order valence-electron chi connectivity index (χ0n) is 15.5. The van der Waals surface area contributed by atoms with Gasteiger partial charge >= 0.3 is 6.18 Å². The van der Waals surface area contributed by atoms with E-state index in [2.05, 4.69) is 5.32 Å². The first-order valence-corrected chi connectivity index (χ1v) is 9.51. The molecule has 1 N–H and O–H groups in total. The summed E-state index contributed by atoms with van der Waals surface area (Å²) in [5.41, 5.74) is 1.86. The van der Waals surface area contributed by atoms with Crippen LogP contribution < -0.4 is 5.32 Å². The minimum atomic E-state index is -4.93. The molecule has 4 nitrogen and oxygen atoms in total. The maximum Gasteiger partial charge on any atom is 0.456 e. The molecule has 28 heavy (non-hydrogen) atoms. The predicted molar refractivity (Wildman–Crippen MR) is 99.3 cm³/mol. The van der Waals surface area contributed by atoms with E-state index in [4.69, 9.17) is 0 Å². The number of carbonyl (C=O) groups excluding carboxylic acids is 2. The van der Waals surface area contributed by atoms with Crippen LogP contribution in [0.4, 0.5) is 18.9 Å². The van der Waals surface area contributed by atoms with Gasteiger partial charge in [-0.15, -0.1) is 0 Å². The number of carbonyl (C=O) groups is 2. The zero-order valence-corrected chi connectivity index (χ0v) is 15.5. The Labute approximate surface area is 160 Å². The first kappa shape index (κ1) is 18.8. The van der Waals surface area contributed by atoms with Crippen LogP contribution in [0.15, 0.2) is 30.3 Å². The second kappa shape index (κ2) is 6.50. The summed E-state index contributed by atoms with van der Waals surface area (Å²) in [6.07, 6.45) is -1.94. The molecular weight excluding hydrogens is 369 g/mol. The van der Waals surface area contributed by atoms with Crippen molar-refractivity contribution in [2.75, 3.05) is 5.32 Å². The molecule has 0 saturated carbocycles. The molecule has 148 valence electrons. The molecule has 1 atom stereocenters. The van der Waals surface area contributed by atoms with Crippen molar-refractivity contribution in [1.29, 1.82) is 0 Å². The van der Waals surface area contributed by atoms with Crippen LogP contribution in [0.2, 0.25) is 0 Å². The first-order valence-electron chi connectivity index (χ1n) is 9.51. The van der Waals surface area contributed by atoms with Crippen molar-refractivity contribution in [1.82, 2.24) is 4.57 Å². The molecule has 2 aliphatic heterocycles. The van der Waals surface area contributed by atoms with E-state index in [1.807, 2.05) is 6.92 Å². The van der Waals surface area contributed by atoms with Crippen molar-refractivity contribution in [3.8, 4) is 11.1 Å². The fourth-order valence-electron chi connectivity index (χ4n) is 4.74. The number of hydrogen-bond acceptors (Lipinski definition) is 2. The van der Waals surface area contributed by atoms with Gasteiger partial charge in [0.1, 0.15) is 0 Å². The van der Waals surface area contributed by atoms with E-state index in [1.165, 1.54) is 6.07 Å². The largest absolute Gasteiger partial charge is 0.456 e. The number of para-hydroxylation sites is 1. The van der Waals surface area contributed by atoms with Crippen LogP contribution in [0.3, 0.4) is 0 Å². The maximum absolute atomic E-state index is 13.3. The van der Waals surface area contributed by atoms with Gasteiger partial charge in [0, 0.05) is 40.9 Å². The highest BCUT2D eigenvalue weighted by atomic mass is 19.4. The highest BCUT2D eigenvalue weighted by Gasteiger charge is 2.46. The van der Waals surface area contributed by atoms with Gasteiger partial charge in [-0.2, -0.15) is 13.2 Å². The molecule has 1 amide bonds. The number of aromatic nitrogens is 1. The van der Waals surface area contributed by atoms with Crippen LogP contribution in [0.1, 0.15) is 55.2 Å². The molecule has 2 aliphatic rings. The van der Waals surface area contributed by atoms with E-state index in [0.29, 0.717) is 42.6 Å². The summed E-state index contributed by atoms with van der Waals surface area (Å²) in [6, 6.07) is 8.46. The van der Waals surface area contributed by atoms with Crippen molar-refractivity contribution >= 4 is 17.4 Å². The summed E-state index contributed by atoms with van der Waals surface area (Å²) < 4.78 is 41.3. The first-order chi connectivity index (χ1) is 13.3. The van der Waals surface area contributed by atoms with Crippen molar-refractivity contribution in [2.45, 2.75) is 57.2 Å². The molecule has 0 radical (unpaired) electrons. The third-order valence-corrected chi connectivity index (χ3v) is 6.13. The molecule has 1 aromatic heterocycles. The van der Waals surface area contributed by atoms with Gasteiger partial charge in [-0.3, -0.25) is 9.59 Å². The third-order valence-electron chi connectivity index (χ3n) is 6.13. The van der Waals surface area contributed by atoms with Gasteiger partial charge in [-0.1, -0.05) is 25.1 Å². The molecule has 0 aliphatic carbocycles. The van der Waals surface area contributed by atoms with E-state index >= 15 is 0 Å². The van der Waals surface area contributed by atoms with Gasteiger partial charge in [0.2, 0.25) is 5.91 Å². The molecule has 0 bridgehead atoms. The summed E-state index contributed by atoms with van der Waals surface area (Å²) in [5, 5.41) is 2.88. The minimum Gasteiger partial charge on any atom is -0.341 e. The molecule has 7 heteroatoms. The number of Topliss-reactive ketones (excluding diaryl/α,β-unsaturated/α-hetero) is 1. The topological polar surface area (TPSA) is 51.1 Å². The SMILES string of the molecule is CC[C@]12CCCn3c(C(=O)C(F)(F)F)cc(c31)-c1ccccc1NC(=O)CC2. The normalized spacial score (nSPS) is 21.6. The predicted octanol–water partition coefficient (Wildman–Crippen LogP) is 5.07. The lowest BCUT2D eigenvalue weighted by molar-refractivity contribution is -0.116. The van der Waals surface area contributed by atoms with Crippen molar-refractivity contribution in [2.24, 2.45) is 0 Å². The Morgan fingerprint density at radius 1 is 1.21 bits per heavy atom. The van der Waals surface area contributed by atoms with E-state index in [1.54, 1.807) is 28.8 Å². The van der Waals surface area contributed by atoms with Crippen molar-refractivity contribution in [3.05, 3.63) is 41.7 Å². The third kappa shape index (κ3) is 2.84. The summed E-state index contributed by atoms with van der Waals surface area (Å²) in [4.78, 5) is 24.6. The van der Waals surface area contributed by atoms with E-state index < -0.39 is 17.4 Å². The van der Waals surface area contributed by atoms with E-state index in [9.17, 15) is 22.8 Å². The quantitative estimate of drug-likeness (QED) is 0.728. The molecule has 0 unspecified atom stereocenters. The Kier molecular flexibility index (Phi) is 4.36. The average molecular weight is 390 g/mol. The number of benzene rings is 1. The molecule has 0 spiro atoms. The number of nitrogens with zero attached hydrogens (tertiary/aromatic N) is 1. The molecule has 1 aromatic carbocycles. The molecule has 0 saturated heterocycles. The number of halogens is 3. The molecule has 3 heterocycles. The summed E-state index contributed by atoms with van der Waals surface area (Å²) in [5.74, 6) is -1.92. The Morgan fingerprint density at radius 3 is 2.68 bits per heavy atom. The van der Waals surface area contributed by atoms with Crippen LogP contribution in [0, 0.1) is 0 Å². The molecule has 0 fully saturated rings.